The first-order valence-electron chi connectivity index (χ1n) is 9.09. The zero-order chi connectivity index (χ0) is 19.7. The van der Waals surface area contributed by atoms with Crippen molar-refractivity contribution < 1.29 is 18.9 Å². The van der Waals surface area contributed by atoms with Gasteiger partial charge in [-0.25, -0.2) is 9.97 Å². The maximum atomic E-state index is 6.19. The molecule has 28 heavy (non-hydrogen) atoms. The predicted octanol–water partition coefficient (Wildman–Crippen LogP) is 3.03. The Morgan fingerprint density at radius 2 is 1.82 bits per heavy atom. The summed E-state index contributed by atoms with van der Waals surface area (Å²) >= 11 is 0. The summed E-state index contributed by atoms with van der Waals surface area (Å²) in [6.07, 6.45) is 1.58. The van der Waals surface area contributed by atoms with Crippen LogP contribution in [0.5, 0.6) is 23.0 Å². The second-order valence-electron chi connectivity index (χ2n) is 6.81. The summed E-state index contributed by atoms with van der Waals surface area (Å²) in [5, 5.41) is 0.749. The van der Waals surface area contributed by atoms with Gasteiger partial charge < -0.3 is 24.7 Å². The molecule has 1 aliphatic heterocycles. The van der Waals surface area contributed by atoms with Gasteiger partial charge in [0.1, 0.15) is 23.1 Å². The maximum absolute atomic E-state index is 6.19. The van der Waals surface area contributed by atoms with Crippen LogP contribution < -0.4 is 24.7 Å². The molecule has 146 valence electrons. The topological polar surface area (TPSA) is 88.7 Å². The monoisotopic (exact) mass is 381 g/mol. The Morgan fingerprint density at radius 1 is 1.04 bits per heavy atom. The van der Waals surface area contributed by atoms with E-state index in [1.165, 1.54) is 0 Å². The maximum Gasteiger partial charge on any atom is 0.162 e. The minimum absolute atomic E-state index is 0.276. The lowest BCUT2D eigenvalue weighted by Crippen LogP contribution is -2.23. The highest BCUT2D eigenvalue weighted by Gasteiger charge is 2.22. The van der Waals surface area contributed by atoms with Crippen molar-refractivity contribution in [3.63, 3.8) is 0 Å². The number of nitrogens with zero attached hydrogens (tertiary/aromatic N) is 2. The Kier molecular flexibility index (Phi) is 4.81. The average molecular weight is 381 g/mol. The summed E-state index contributed by atoms with van der Waals surface area (Å²) in [5.41, 5.74) is 8.10. The lowest BCUT2D eigenvalue weighted by Gasteiger charge is -2.25. The van der Waals surface area contributed by atoms with Crippen molar-refractivity contribution >= 4 is 16.7 Å². The number of nitrogens with two attached hydrogens (primary N) is 1. The van der Waals surface area contributed by atoms with E-state index in [0.29, 0.717) is 36.2 Å². The Bertz CT molecular complexity index is 1020. The van der Waals surface area contributed by atoms with Gasteiger partial charge in [0.05, 0.1) is 33.5 Å². The van der Waals surface area contributed by atoms with Gasteiger partial charge in [-0.15, -0.1) is 0 Å². The zero-order valence-corrected chi connectivity index (χ0v) is 16.2. The molecule has 4 rings (SSSR count). The smallest absolute Gasteiger partial charge is 0.162 e. The number of hydrogen-bond acceptors (Lipinski definition) is 7. The molecule has 1 aliphatic rings. The standard InChI is InChI=1S/C21H23N3O4/c1-25-14-5-4-13-6-12(11-28-17(13)8-14)7-20-23-16-10-19(27-3)18(26-2)9-15(16)21(22)24-20/h4-5,8-10,12H,6-7,11H2,1-3H3,(H2,22,23,24)/t12-/m0/s1. The van der Waals surface area contributed by atoms with E-state index in [2.05, 4.69) is 4.98 Å². The Balaban J connectivity index is 1.59. The molecule has 1 aromatic heterocycles. The minimum atomic E-state index is 0.276. The third kappa shape index (κ3) is 3.35. The fraction of sp³-hybridized carbons (Fsp3) is 0.333. The molecular weight excluding hydrogens is 358 g/mol. The molecule has 0 saturated carbocycles. The van der Waals surface area contributed by atoms with Gasteiger partial charge in [0.25, 0.3) is 0 Å². The quantitative estimate of drug-likeness (QED) is 0.727. The van der Waals surface area contributed by atoms with Crippen LogP contribution in [0.3, 0.4) is 0 Å². The van der Waals surface area contributed by atoms with Gasteiger partial charge in [-0.1, -0.05) is 6.07 Å². The molecule has 0 spiro atoms. The molecule has 0 radical (unpaired) electrons. The molecule has 0 fully saturated rings. The molecule has 1 atom stereocenters. The second kappa shape index (κ2) is 7.42. The first-order chi connectivity index (χ1) is 13.6. The van der Waals surface area contributed by atoms with Gasteiger partial charge in [0.15, 0.2) is 11.5 Å². The molecule has 0 amide bonds. The van der Waals surface area contributed by atoms with Crippen LogP contribution in [0.1, 0.15) is 11.4 Å². The van der Waals surface area contributed by atoms with Gasteiger partial charge >= 0.3 is 0 Å². The van der Waals surface area contributed by atoms with Crippen LogP contribution in [0.2, 0.25) is 0 Å². The van der Waals surface area contributed by atoms with E-state index in [4.69, 9.17) is 29.7 Å². The number of aromatic nitrogens is 2. The van der Waals surface area contributed by atoms with Gasteiger partial charge in [-0.05, 0) is 24.1 Å². The number of nitrogen functional groups attached to an aromatic ring is 1. The van der Waals surface area contributed by atoms with E-state index < -0.39 is 0 Å². The molecule has 0 aliphatic carbocycles. The number of fused-ring (bicyclic) bond motifs is 2. The van der Waals surface area contributed by atoms with E-state index in [9.17, 15) is 0 Å². The molecule has 2 aromatic carbocycles. The fourth-order valence-electron chi connectivity index (χ4n) is 3.55. The lowest BCUT2D eigenvalue weighted by atomic mass is 9.93. The number of benzene rings is 2. The Morgan fingerprint density at radius 3 is 2.57 bits per heavy atom. The summed E-state index contributed by atoms with van der Waals surface area (Å²) in [5.74, 6) is 4.30. The molecule has 2 N–H and O–H groups in total. The zero-order valence-electron chi connectivity index (χ0n) is 16.2. The van der Waals surface area contributed by atoms with Crippen molar-refractivity contribution in [1.29, 1.82) is 0 Å². The number of ether oxygens (including phenoxy) is 4. The lowest BCUT2D eigenvalue weighted by molar-refractivity contribution is 0.218. The molecule has 0 bridgehead atoms. The van der Waals surface area contributed by atoms with E-state index in [1.54, 1.807) is 27.4 Å². The molecule has 2 heterocycles. The highest BCUT2D eigenvalue weighted by molar-refractivity contribution is 5.90. The molecular formula is C21H23N3O4. The van der Waals surface area contributed by atoms with E-state index in [0.717, 1.165) is 34.4 Å². The van der Waals surface area contributed by atoms with Crippen molar-refractivity contribution in [3.8, 4) is 23.0 Å². The van der Waals surface area contributed by atoms with Crippen LogP contribution in [0, 0.1) is 5.92 Å². The van der Waals surface area contributed by atoms with E-state index >= 15 is 0 Å². The summed E-state index contributed by atoms with van der Waals surface area (Å²) in [6.45, 7) is 0.605. The number of hydrogen-bond donors (Lipinski definition) is 1. The van der Waals surface area contributed by atoms with E-state index in [1.807, 2.05) is 24.3 Å². The summed E-state index contributed by atoms with van der Waals surface area (Å²) < 4.78 is 21.9. The first-order valence-corrected chi connectivity index (χ1v) is 9.09. The molecule has 0 saturated heterocycles. The SMILES string of the molecule is COc1ccc2c(c1)OC[C@H](Cc1nc(N)c3cc(OC)c(OC)cc3n1)C2. The molecule has 7 heteroatoms. The first kappa shape index (κ1) is 18.2. The largest absolute Gasteiger partial charge is 0.497 e. The fourth-order valence-corrected chi connectivity index (χ4v) is 3.55. The summed E-state index contributed by atoms with van der Waals surface area (Å²) in [6, 6.07) is 9.56. The van der Waals surface area contributed by atoms with Crippen molar-refractivity contribution in [3.05, 3.63) is 41.7 Å². The molecule has 3 aromatic rings. The molecule has 0 unspecified atom stereocenters. The van der Waals surface area contributed by atoms with Crippen LogP contribution in [0.4, 0.5) is 5.82 Å². The number of anilines is 1. The van der Waals surface area contributed by atoms with Crippen LogP contribution in [-0.2, 0) is 12.8 Å². The third-order valence-corrected chi connectivity index (χ3v) is 5.01. The summed E-state index contributed by atoms with van der Waals surface area (Å²) in [7, 11) is 4.84. The van der Waals surface area contributed by atoms with E-state index in [-0.39, 0.29) is 5.92 Å². The van der Waals surface area contributed by atoms with Gasteiger partial charge in [0.2, 0.25) is 0 Å². The normalized spacial score (nSPS) is 15.6. The Hall–Kier alpha value is -3.22. The van der Waals surface area contributed by atoms with Crippen molar-refractivity contribution in [1.82, 2.24) is 9.97 Å². The van der Waals surface area contributed by atoms with Crippen LogP contribution >= 0.6 is 0 Å². The number of rotatable bonds is 5. The minimum Gasteiger partial charge on any atom is -0.497 e. The van der Waals surface area contributed by atoms with Gasteiger partial charge in [-0.3, -0.25) is 0 Å². The number of methoxy groups -OCH3 is 3. The Labute approximate surface area is 163 Å². The average Bonchev–Trinajstić information content (AvgIpc) is 2.72. The van der Waals surface area contributed by atoms with Gasteiger partial charge in [-0.2, -0.15) is 0 Å². The van der Waals surface area contributed by atoms with Crippen molar-refractivity contribution in [2.24, 2.45) is 5.92 Å². The third-order valence-electron chi connectivity index (χ3n) is 5.01. The predicted molar refractivity (Wildman–Crippen MR) is 106 cm³/mol. The van der Waals surface area contributed by atoms with Crippen molar-refractivity contribution in [2.75, 3.05) is 33.7 Å². The highest BCUT2D eigenvalue weighted by atomic mass is 16.5. The second-order valence-corrected chi connectivity index (χ2v) is 6.81. The highest BCUT2D eigenvalue weighted by Crippen LogP contribution is 2.34. The van der Waals surface area contributed by atoms with Gasteiger partial charge in [0, 0.05) is 29.9 Å². The molecule has 7 nitrogen and oxygen atoms in total. The van der Waals surface area contributed by atoms with Crippen LogP contribution in [0.25, 0.3) is 10.9 Å². The van der Waals surface area contributed by atoms with Crippen molar-refractivity contribution in [2.45, 2.75) is 12.8 Å². The van der Waals surface area contributed by atoms with Crippen LogP contribution in [-0.4, -0.2) is 37.9 Å². The van der Waals surface area contributed by atoms with Crippen LogP contribution in [0.15, 0.2) is 30.3 Å². The summed E-state index contributed by atoms with van der Waals surface area (Å²) in [4.78, 5) is 9.20.